The number of carboxylic acids is 1. The second-order valence-corrected chi connectivity index (χ2v) is 8.67. The Balaban J connectivity index is 1.34. The molecule has 4 aromatic rings. The third-order valence-corrected chi connectivity index (χ3v) is 6.26. The summed E-state index contributed by atoms with van der Waals surface area (Å²) >= 11 is 0. The van der Waals surface area contributed by atoms with Crippen molar-refractivity contribution in [1.82, 2.24) is 34.8 Å². The topological polar surface area (TPSA) is 160 Å². The number of aromatic nitrogens is 6. The fourth-order valence-electron chi connectivity index (χ4n) is 4.19. The summed E-state index contributed by atoms with van der Waals surface area (Å²) in [5.41, 5.74) is 10.3. The van der Waals surface area contributed by atoms with Crippen molar-refractivity contribution in [1.29, 1.82) is 5.26 Å². The van der Waals surface area contributed by atoms with Crippen molar-refractivity contribution < 1.29 is 9.90 Å². The molecule has 180 valence electrons. The molecular formula is C25H23N9O2. The first-order chi connectivity index (χ1) is 17.4. The Morgan fingerprint density at radius 2 is 1.92 bits per heavy atom. The second-order valence-electron chi connectivity index (χ2n) is 8.67. The summed E-state index contributed by atoms with van der Waals surface area (Å²) in [6.07, 6.45) is 1.76. The van der Waals surface area contributed by atoms with Crippen LogP contribution in [0.4, 0.5) is 5.95 Å². The molecule has 0 amide bonds. The van der Waals surface area contributed by atoms with Crippen LogP contribution in [-0.2, 0) is 11.3 Å². The minimum absolute atomic E-state index is 0.0190. The maximum atomic E-state index is 11.1. The van der Waals surface area contributed by atoms with Crippen LogP contribution in [0.25, 0.3) is 22.6 Å². The van der Waals surface area contributed by atoms with E-state index in [9.17, 15) is 10.1 Å². The van der Waals surface area contributed by atoms with E-state index >= 15 is 0 Å². The predicted molar refractivity (Wildman–Crippen MR) is 130 cm³/mol. The summed E-state index contributed by atoms with van der Waals surface area (Å²) in [7, 11) is 0. The molecule has 3 N–H and O–H groups in total. The highest BCUT2D eigenvalue weighted by molar-refractivity contribution is 5.72. The van der Waals surface area contributed by atoms with E-state index in [4.69, 9.17) is 15.8 Å². The number of benzene rings is 1. The number of rotatable bonds is 7. The molecule has 1 aliphatic heterocycles. The maximum absolute atomic E-state index is 11.1. The summed E-state index contributed by atoms with van der Waals surface area (Å²) < 4.78 is 1.66. The molecule has 0 spiro atoms. The third-order valence-electron chi connectivity index (χ3n) is 6.26. The maximum Gasteiger partial charge on any atom is 0.309 e. The molecular weight excluding hydrogens is 458 g/mol. The molecule has 4 heterocycles. The molecule has 1 fully saturated rings. The van der Waals surface area contributed by atoms with Gasteiger partial charge < -0.3 is 10.8 Å². The normalized spacial score (nSPS) is 14.7. The highest BCUT2D eigenvalue weighted by atomic mass is 16.4. The van der Waals surface area contributed by atoms with E-state index in [1.807, 2.05) is 37.3 Å². The number of carboxylic acid groups (broad SMARTS) is 1. The lowest BCUT2D eigenvalue weighted by Gasteiger charge is -2.40. The molecule has 1 aliphatic rings. The molecule has 5 rings (SSSR count). The quantitative estimate of drug-likeness (QED) is 0.401. The van der Waals surface area contributed by atoms with Gasteiger partial charge in [0.05, 0.1) is 53.1 Å². The van der Waals surface area contributed by atoms with Gasteiger partial charge in [-0.15, -0.1) is 5.10 Å². The first-order valence-electron chi connectivity index (χ1n) is 11.4. The highest BCUT2D eigenvalue weighted by Crippen LogP contribution is 2.28. The number of aliphatic carboxylic acids is 1. The van der Waals surface area contributed by atoms with Crippen LogP contribution < -0.4 is 5.73 Å². The standard InChI is InChI=1S/C25H23N9O2/c1-15(33-11-17(12-33)24(35)36)20-8-4-6-18(28-20)13-34-14-23(31-32-34)22-9-21(29-25(27)30-22)19-7-3-2-5-16(19)10-26/h2-9,14-15,17H,11-13H2,1H3,(H,35,36)(H2,27,29,30). The molecule has 36 heavy (non-hydrogen) atoms. The summed E-state index contributed by atoms with van der Waals surface area (Å²) in [4.78, 5) is 26.5. The highest BCUT2D eigenvalue weighted by Gasteiger charge is 2.36. The third kappa shape index (κ3) is 4.62. The number of carbonyl (C=O) groups is 1. The second kappa shape index (κ2) is 9.52. The Hall–Kier alpha value is -4.69. The van der Waals surface area contributed by atoms with Crippen LogP contribution in [0.15, 0.2) is 54.7 Å². The molecule has 1 unspecified atom stereocenters. The Morgan fingerprint density at radius 1 is 1.14 bits per heavy atom. The fraction of sp³-hybridized carbons (Fsp3) is 0.240. The van der Waals surface area contributed by atoms with Crippen LogP contribution in [0.5, 0.6) is 0 Å². The number of pyridine rings is 1. The molecule has 0 bridgehead atoms. The molecule has 0 radical (unpaired) electrons. The Kier molecular flexibility index (Phi) is 6.10. The summed E-state index contributed by atoms with van der Waals surface area (Å²) in [5.74, 6) is -0.993. The number of hydrogen-bond acceptors (Lipinski definition) is 9. The van der Waals surface area contributed by atoms with Gasteiger partial charge in [0.15, 0.2) is 0 Å². The van der Waals surface area contributed by atoms with Gasteiger partial charge in [0, 0.05) is 24.7 Å². The first kappa shape index (κ1) is 23.1. The SMILES string of the molecule is CC(c1cccc(Cn2cc(-c3cc(-c4ccccc4C#N)nc(N)n3)nn2)n1)N1CC(C(=O)O)C1. The average Bonchev–Trinajstić information content (AvgIpc) is 3.31. The number of nitrogens with two attached hydrogens (primary N) is 1. The van der Waals surface area contributed by atoms with Crippen LogP contribution >= 0.6 is 0 Å². The average molecular weight is 482 g/mol. The molecule has 3 aromatic heterocycles. The van der Waals surface area contributed by atoms with Crippen molar-refractivity contribution in [2.45, 2.75) is 19.5 Å². The zero-order valence-electron chi connectivity index (χ0n) is 19.5. The number of likely N-dealkylation sites (tertiary alicyclic amines) is 1. The van der Waals surface area contributed by atoms with Crippen molar-refractivity contribution in [2.24, 2.45) is 5.92 Å². The van der Waals surface area contributed by atoms with Gasteiger partial charge in [-0.3, -0.25) is 14.7 Å². The molecule has 11 heteroatoms. The molecule has 1 aromatic carbocycles. The molecule has 1 atom stereocenters. The van der Waals surface area contributed by atoms with E-state index in [1.54, 1.807) is 29.1 Å². The summed E-state index contributed by atoms with van der Waals surface area (Å²) in [6, 6.07) is 16.9. The van der Waals surface area contributed by atoms with Crippen LogP contribution in [0.2, 0.25) is 0 Å². The van der Waals surface area contributed by atoms with Gasteiger partial charge in [-0.05, 0) is 31.2 Å². The van der Waals surface area contributed by atoms with Crippen LogP contribution in [0.1, 0.15) is 29.9 Å². The van der Waals surface area contributed by atoms with E-state index in [1.165, 1.54) is 0 Å². The van der Waals surface area contributed by atoms with Crippen molar-refractivity contribution >= 4 is 11.9 Å². The van der Waals surface area contributed by atoms with Crippen LogP contribution in [0, 0.1) is 17.2 Å². The van der Waals surface area contributed by atoms with E-state index in [-0.39, 0.29) is 17.9 Å². The van der Waals surface area contributed by atoms with Gasteiger partial charge in [0.25, 0.3) is 0 Å². The van der Waals surface area contributed by atoms with Crippen molar-refractivity contribution in [3.63, 3.8) is 0 Å². The monoisotopic (exact) mass is 481 g/mol. The van der Waals surface area contributed by atoms with Gasteiger partial charge >= 0.3 is 5.97 Å². The van der Waals surface area contributed by atoms with Gasteiger partial charge in [-0.2, -0.15) is 5.26 Å². The summed E-state index contributed by atoms with van der Waals surface area (Å²) in [5, 5.41) is 27.0. The first-order valence-corrected chi connectivity index (χ1v) is 11.4. The number of hydrogen-bond donors (Lipinski definition) is 2. The number of nitrogens with zero attached hydrogens (tertiary/aromatic N) is 8. The largest absolute Gasteiger partial charge is 0.481 e. The fourth-order valence-corrected chi connectivity index (χ4v) is 4.19. The van der Waals surface area contributed by atoms with Crippen molar-refractivity contribution in [3.05, 3.63) is 71.7 Å². The molecule has 0 aliphatic carbocycles. The number of nitrogen functional groups attached to an aromatic ring is 1. The van der Waals surface area contributed by atoms with Crippen molar-refractivity contribution in [2.75, 3.05) is 18.8 Å². The van der Waals surface area contributed by atoms with Gasteiger partial charge in [-0.25, -0.2) is 14.6 Å². The van der Waals surface area contributed by atoms with Crippen molar-refractivity contribution in [3.8, 4) is 28.7 Å². The zero-order valence-corrected chi connectivity index (χ0v) is 19.5. The number of anilines is 1. The van der Waals surface area contributed by atoms with Crippen LogP contribution in [0.3, 0.4) is 0 Å². The zero-order chi connectivity index (χ0) is 25.2. The summed E-state index contributed by atoms with van der Waals surface area (Å²) in [6.45, 7) is 3.48. The lowest BCUT2D eigenvalue weighted by atomic mass is 9.97. The molecule has 0 saturated carbocycles. The van der Waals surface area contributed by atoms with Crippen LogP contribution in [-0.4, -0.2) is 59.0 Å². The van der Waals surface area contributed by atoms with Gasteiger partial charge in [0.2, 0.25) is 5.95 Å². The Labute approximate surface area is 206 Å². The van der Waals surface area contributed by atoms with E-state index in [0.717, 1.165) is 11.4 Å². The lowest BCUT2D eigenvalue weighted by Crippen LogP contribution is -2.51. The smallest absolute Gasteiger partial charge is 0.309 e. The van der Waals surface area contributed by atoms with E-state index in [2.05, 4.69) is 31.2 Å². The molecule has 1 saturated heterocycles. The minimum Gasteiger partial charge on any atom is -0.481 e. The predicted octanol–water partition coefficient (Wildman–Crippen LogP) is 2.38. The van der Waals surface area contributed by atoms with E-state index in [0.29, 0.717) is 47.8 Å². The van der Waals surface area contributed by atoms with Gasteiger partial charge in [0.1, 0.15) is 5.69 Å². The Morgan fingerprint density at radius 3 is 2.69 bits per heavy atom. The van der Waals surface area contributed by atoms with E-state index < -0.39 is 5.97 Å². The molecule has 11 nitrogen and oxygen atoms in total. The van der Waals surface area contributed by atoms with Gasteiger partial charge in [-0.1, -0.05) is 29.5 Å². The lowest BCUT2D eigenvalue weighted by molar-refractivity contribution is -0.148. The number of nitriles is 1. The minimum atomic E-state index is -0.756. The Bertz CT molecular complexity index is 1470.